The highest BCUT2D eigenvalue weighted by Crippen LogP contribution is 2.21. The molecule has 1 fully saturated rings. The van der Waals surface area contributed by atoms with Gasteiger partial charge in [0.25, 0.3) is 0 Å². The van der Waals surface area contributed by atoms with Gasteiger partial charge in [0.2, 0.25) is 0 Å². The van der Waals surface area contributed by atoms with Crippen LogP contribution in [0.5, 0.6) is 0 Å². The number of rotatable bonds is 7. The Morgan fingerprint density at radius 1 is 1.24 bits per heavy atom. The van der Waals surface area contributed by atoms with Crippen LogP contribution in [0, 0.1) is 5.92 Å². The minimum atomic E-state index is 0. The molecule has 25 heavy (non-hydrogen) atoms. The molecule has 2 heterocycles. The van der Waals surface area contributed by atoms with E-state index in [1.54, 1.807) is 0 Å². The zero-order valence-corrected chi connectivity index (χ0v) is 18.3. The molecule has 1 saturated heterocycles. The summed E-state index contributed by atoms with van der Waals surface area (Å²) < 4.78 is 0. The first-order chi connectivity index (χ1) is 11.7. The average molecular weight is 459 g/mol. The molecule has 0 aromatic carbocycles. The van der Waals surface area contributed by atoms with Crippen molar-refractivity contribution in [2.24, 2.45) is 10.9 Å². The summed E-state index contributed by atoms with van der Waals surface area (Å²) in [6.45, 7) is 8.52. The molecule has 0 amide bonds. The van der Waals surface area contributed by atoms with Crippen molar-refractivity contribution in [2.45, 2.75) is 52.5 Å². The summed E-state index contributed by atoms with van der Waals surface area (Å²) in [7, 11) is 1.81. The third-order valence-corrected chi connectivity index (χ3v) is 4.67. The second-order valence-electron chi connectivity index (χ2n) is 6.75. The van der Waals surface area contributed by atoms with Crippen molar-refractivity contribution in [3.05, 3.63) is 23.9 Å². The Kier molecular flexibility index (Phi) is 10.8. The average Bonchev–Trinajstić information content (AvgIpc) is 2.62. The number of hydrogen-bond acceptors (Lipinski definition) is 3. The van der Waals surface area contributed by atoms with Gasteiger partial charge >= 0.3 is 0 Å². The summed E-state index contributed by atoms with van der Waals surface area (Å²) in [6.07, 6.45) is 8.19. The smallest absolute Gasteiger partial charge is 0.191 e. The van der Waals surface area contributed by atoms with Crippen LogP contribution < -0.4 is 15.5 Å². The molecule has 0 unspecified atom stereocenters. The van der Waals surface area contributed by atoms with Gasteiger partial charge in [-0.3, -0.25) is 4.99 Å². The maximum Gasteiger partial charge on any atom is 0.191 e. The monoisotopic (exact) mass is 459 g/mol. The van der Waals surface area contributed by atoms with E-state index in [1.165, 1.54) is 37.7 Å². The first-order valence-electron chi connectivity index (χ1n) is 9.37. The Morgan fingerprint density at radius 2 is 2.00 bits per heavy atom. The molecule has 1 aliphatic rings. The number of aromatic nitrogens is 1. The van der Waals surface area contributed by atoms with Crippen molar-refractivity contribution in [1.82, 2.24) is 15.6 Å². The van der Waals surface area contributed by atoms with E-state index in [1.807, 2.05) is 13.2 Å². The van der Waals surface area contributed by atoms with Gasteiger partial charge in [-0.25, -0.2) is 4.98 Å². The standard InChI is InChI=1S/C19H33N5.HI/c1-4-5-6-11-21-19(20-3)23-15-17-7-8-18(22-14-17)24-12-9-16(2)10-13-24;/h7-8,14,16H,4-6,9-13,15H2,1-3H3,(H2,20,21,23);1H. The van der Waals surface area contributed by atoms with Gasteiger partial charge in [0.1, 0.15) is 5.82 Å². The fraction of sp³-hybridized carbons (Fsp3) is 0.684. The van der Waals surface area contributed by atoms with Crippen molar-refractivity contribution in [3.63, 3.8) is 0 Å². The van der Waals surface area contributed by atoms with Gasteiger partial charge in [-0.1, -0.05) is 32.8 Å². The summed E-state index contributed by atoms with van der Waals surface area (Å²) >= 11 is 0. The van der Waals surface area contributed by atoms with Gasteiger partial charge in [-0.2, -0.15) is 0 Å². The van der Waals surface area contributed by atoms with Crippen LogP contribution in [-0.2, 0) is 6.54 Å². The van der Waals surface area contributed by atoms with Crippen molar-refractivity contribution in [2.75, 3.05) is 31.6 Å². The lowest BCUT2D eigenvalue weighted by Crippen LogP contribution is -2.37. The highest BCUT2D eigenvalue weighted by atomic mass is 127. The maximum absolute atomic E-state index is 4.64. The molecule has 1 aromatic heterocycles. The minimum Gasteiger partial charge on any atom is -0.357 e. The van der Waals surface area contributed by atoms with Gasteiger partial charge in [0.05, 0.1) is 0 Å². The zero-order valence-electron chi connectivity index (χ0n) is 15.9. The lowest BCUT2D eigenvalue weighted by Gasteiger charge is -2.31. The second kappa shape index (κ2) is 12.3. The fourth-order valence-electron chi connectivity index (χ4n) is 2.93. The lowest BCUT2D eigenvalue weighted by molar-refractivity contribution is 0.436. The van der Waals surface area contributed by atoms with Crippen LogP contribution in [0.2, 0.25) is 0 Å². The van der Waals surface area contributed by atoms with Gasteiger partial charge < -0.3 is 15.5 Å². The van der Waals surface area contributed by atoms with E-state index in [-0.39, 0.29) is 24.0 Å². The normalized spacial score (nSPS) is 15.6. The largest absolute Gasteiger partial charge is 0.357 e. The summed E-state index contributed by atoms with van der Waals surface area (Å²) in [4.78, 5) is 11.3. The Balaban J connectivity index is 0.00000312. The minimum absolute atomic E-state index is 0. The molecule has 1 aromatic rings. The predicted octanol–water partition coefficient (Wildman–Crippen LogP) is 3.79. The van der Waals surface area contributed by atoms with Crippen LogP contribution in [0.4, 0.5) is 5.82 Å². The van der Waals surface area contributed by atoms with E-state index in [4.69, 9.17) is 0 Å². The molecule has 2 rings (SSSR count). The molecular weight excluding hydrogens is 425 g/mol. The van der Waals surface area contributed by atoms with Crippen molar-refractivity contribution >= 4 is 35.8 Å². The Labute approximate surface area is 170 Å². The predicted molar refractivity (Wildman–Crippen MR) is 118 cm³/mol. The van der Waals surface area contributed by atoms with E-state index in [2.05, 4.69) is 51.5 Å². The number of guanidine groups is 1. The fourth-order valence-corrected chi connectivity index (χ4v) is 2.93. The molecule has 0 spiro atoms. The first kappa shape index (κ1) is 22.0. The lowest BCUT2D eigenvalue weighted by atomic mass is 9.99. The van der Waals surface area contributed by atoms with E-state index < -0.39 is 0 Å². The van der Waals surface area contributed by atoms with Crippen LogP contribution >= 0.6 is 24.0 Å². The molecule has 5 nitrogen and oxygen atoms in total. The number of halogens is 1. The molecule has 6 heteroatoms. The molecular formula is C19H34IN5. The number of anilines is 1. The van der Waals surface area contributed by atoms with E-state index in [9.17, 15) is 0 Å². The summed E-state index contributed by atoms with van der Waals surface area (Å²) in [5, 5.41) is 6.70. The third kappa shape index (κ3) is 7.79. The van der Waals surface area contributed by atoms with E-state index in [0.29, 0.717) is 0 Å². The second-order valence-corrected chi connectivity index (χ2v) is 6.75. The summed E-state index contributed by atoms with van der Waals surface area (Å²) in [5.74, 6) is 2.81. The van der Waals surface area contributed by atoms with Crippen LogP contribution in [0.25, 0.3) is 0 Å². The summed E-state index contributed by atoms with van der Waals surface area (Å²) in [5.41, 5.74) is 1.18. The highest BCUT2D eigenvalue weighted by molar-refractivity contribution is 14.0. The van der Waals surface area contributed by atoms with E-state index >= 15 is 0 Å². The first-order valence-corrected chi connectivity index (χ1v) is 9.37. The van der Waals surface area contributed by atoms with Gasteiger partial charge in [0.15, 0.2) is 5.96 Å². The Bertz CT molecular complexity index is 495. The maximum atomic E-state index is 4.64. The van der Waals surface area contributed by atoms with Crippen LogP contribution in [0.3, 0.4) is 0 Å². The number of unbranched alkanes of at least 4 members (excludes halogenated alkanes) is 2. The van der Waals surface area contributed by atoms with Gasteiger partial charge in [-0.15, -0.1) is 24.0 Å². The van der Waals surface area contributed by atoms with Crippen molar-refractivity contribution in [1.29, 1.82) is 0 Å². The number of nitrogens with zero attached hydrogens (tertiary/aromatic N) is 3. The highest BCUT2D eigenvalue weighted by Gasteiger charge is 2.16. The molecule has 2 N–H and O–H groups in total. The number of hydrogen-bond donors (Lipinski definition) is 2. The molecule has 0 aliphatic carbocycles. The number of aliphatic imine (C=N–C) groups is 1. The zero-order chi connectivity index (χ0) is 17.2. The summed E-state index contributed by atoms with van der Waals surface area (Å²) in [6, 6.07) is 4.31. The number of piperidine rings is 1. The topological polar surface area (TPSA) is 52.6 Å². The number of pyridine rings is 1. The van der Waals surface area contributed by atoms with Crippen LogP contribution in [-0.4, -0.2) is 37.6 Å². The SMILES string of the molecule is CCCCCNC(=NC)NCc1ccc(N2CCC(C)CC2)nc1.I. The third-order valence-electron chi connectivity index (χ3n) is 4.67. The molecule has 0 radical (unpaired) electrons. The molecule has 0 bridgehead atoms. The molecule has 1 aliphatic heterocycles. The quantitative estimate of drug-likeness (QED) is 0.282. The Morgan fingerprint density at radius 3 is 2.60 bits per heavy atom. The number of nitrogens with one attached hydrogen (secondary N) is 2. The molecule has 0 saturated carbocycles. The van der Waals surface area contributed by atoms with Crippen LogP contribution in [0.1, 0.15) is 51.5 Å². The van der Waals surface area contributed by atoms with Gasteiger partial charge in [-0.05, 0) is 36.8 Å². The van der Waals surface area contributed by atoms with Crippen molar-refractivity contribution < 1.29 is 0 Å². The van der Waals surface area contributed by atoms with Gasteiger partial charge in [0, 0.05) is 39.4 Å². The van der Waals surface area contributed by atoms with Crippen LogP contribution in [0.15, 0.2) is 23.3 Å². The van der Waals surface area contributed by atoms with Crippen molar-refractivity contribution in [3.8, 4) is 0 Å². The Hall–Kier alpha value is -1.05. The molecule has 142 valence electrons. The molecule has 0 atom stereocenters. The van der Waals surface area contributed by atoms with E-state index in [0.717, 1.165) is 43.9 Å².